The highest BCUT2D eigenvalue weighted by Gasteiger charge is 2.46. The van der Waals surface area contributed by atoms with E-state index in [1.165, 1.54) is 12.3 Å². The van der Waals surface area contributed by atoms with Gasteiger partial charge >= 0.3 is 11.8 Å². The number of aromatic nitrogens is 2. The van der Waals surface area contributed by atoms with Crippen LogP contribution in [0.25, 0.3) is 0 Å². The van der Waals surface area contributed by atoms with E-state index in [0.717, 1.165) is 4.57 Å². The summed E-state index contributed by atoms with van der Waals surface area (Å²) in [5.74, 6) is 0.301. The monoisotopic (exact) mass is 435 g/mol. The highest BCUT2D eigenvalue weighted by molar-refractivity contribution is 7.80. The molecule has 1 amide bonds. The molecule has 11 heteroatoms. The lowest BCUT2D eigenvalue weighted by molar-refractivity contribution is -0.0532. The second-order valence-electron chi connectivity index (χ2n) is 6.38. The summed E-state index contributed by atoms with van der Waals surface area (Å²) in [7, 11) is 0. The minimum Gasteiger partial charge on any atom is -0.476 e. The molecule has 0 spiro atoms. The van der Waals surface area contributed by atoms with E-state index in [0.29, 0.717) is 12.2 Å². The van der Waals surface area contributed by atoms with E-state index >= 15 is 0 Å². The number of amides is 1. The second kappa shape index (κ2) is 9.76. The Balaban J connectivity index is 1.75. The van der Waals surface area contributed by atoms with Crippen LogP contribution in [0.5, 0.6) is 5.75 Å². The lowest BCUT2D eigenvalue weighted by Crippen LogP contribution is -2.39. The fourth-order valence-corrected chi connectivity index (χ4v) is 2.97. The minimum absolute atomic E-state index is 0.0315. The summed E-state index contributed by atoms with van der Waals surface area (Å²) in [6.45, 7) is 1.31. The van der Waals surface area contributed by atoms with Crippen LogP contribution < -0.4 is 15.7 Å². The molecule has 1 aliphatic rings. The lowest BCUT2D eigenvalue weighted by Gasteiger charge is -2.23. The predicted molar refractivity (Wildman–Crippen MR) is 109 cm³/mol. The van der Waals surface area contributed by atoms with Gasteiger partial charge in [0.15, 0.2) is 17.4 Å². The molecular formula is C19H21N3O7S. The molecule has 1 aromatic heterocycles. The first-order valence-electron chi connectivity index (χ1n) is 9.20. The number of nitrogens with zero attached hydrogens (tertiary/aromatic N) is 2. The molecule has 2 heterocycles. The van der Waals surface area contributed by atoms with Gasteiger partial charge in [0.2, 0.25) is 0 Å². The largest absolute Gasteiger partial charge is 0.476 e. The van der Waals surface area contributed by atoms with E-state index < -0.39 is 42.9 Å². The number of hydrogen-bond acceptors (Lipinski definition) is 9. The number of nitrogens with one attached hydrogen (secondary N) is 1. The molecule has 0 bridgehead atoms. The maximum Gasteiger partial charge on any atom is 0.418 e. The van der Waals surface area contributed by atoms with Crippen molar-refractivity contribution in [2.45, 2.75) is 37.9 Å². The standard InChI is InChI=1S/C19H21N3O7S/c1-2-14(30)29-16-15(24)12(10-23)28-17(16)22-9-8-13(20-18(22)25)21-19(26)27-11-6-4-3-5-7-11/h3-9,12,15-17,23-24H,2,10H2,1H3,(H,20,21,25,26)/t12-,15-,16-,17-/m1/s1. The van der Waals surface area contributed by atoms with Crippen LogP contribution >= 0.6 is 12.2 Å². The topological polar surface area (TPSA) is 132 Å². The highest BCUT2D eigenvalue weighted by Crippen LogP contribution is 2.31. The Hall–Kier alpha value is -2.86. The minimum atomic E-state index is -1.20. The maximum atomic E-state index is 12.5. The van der Waals surface area contributed by atoms with Crippen molar-refractivity contribution in [3.8, 4) is 5.75 Å². The van der Waals surface area contributed by atoms with Crippen molar-refractivity contribution < 1.29 is 29.2 Å². The number of ether oxygens (including phenoxy) is 3. The van der Waals surface area contributed by atoms with Gasteiger partial charge in [-0.15, -0.1) is 0 Å². The Bertz CT molecular complexity index is 953. The lowest BCUT2D eigenvalue weighted by atomic mass is 10.1. The molecule has 0 radical (unpaired) electrons. The van der Waals surface area contributed by atoms with Gasteiger partial charge in [-0.05, 0) is 30.4 Å². The molecule has 2 aromatic rings. The molecule has 0 saturated carbocycles. The van der Waals surface area contributed by atoms with Crippen LogP contribution in [-0.2, 0) is 9.47 Å². The Morgan fingerprint density at radius 1 is 1.33 bits per heavy atom. The fourth-order valence-electron chi connectivity index (χ4n) is 2.86. The number of para-hydroxylation sites is 1. The summed E-state index contributed by atoms with van der Waals surface area (Å²) in [5.41, 5.74) is -0.765. The first-order chi connectivity index (χ1) is 14.4. The smallest absolute Gasteiger partial charge is 0.418 e. The van der Waals surface area contributed by atoms with Crippen molar-refractivity contribution in [2.75, 3.05) is 11.9 Å². The number of anilines is 1. The molecule has 10 nitrogen and oxygen atoms in total. The van der Waals surface area contributed by atoms with Gasteiger partial charge in [-0.3, -0.25) is 9.88 Å². The first-order valence-corrected chi connectivity index (χ1v) is 9.60. The van der Waals surface area contributed by atoms with E-state index in [9.17, 15) is 19.8 Å². The number of thiocarbonyl (C=S) groups is 1. The van der Waals surface area contributed by atoms with E-state index in [4.69, 9.17) is 26.4 Å². The van der Waals surface area contributed by atoms with Crippen LogP contribution in [0, 0.1) is 0 Å². The van der Waals surface area contributed by atoms with Crippen molar-refractivity contribution in [3.63, 3.8) is 0 Å². The second-order valence-corrected chi connectivity index (χ2v) is 6.83. The Morgan fingerprint density at radius 3 is 2.70 bits per heavy atom. The van der Waals surface area contributed by atoms with Crippen LogP contribution in [-0.4, -0.2) is 55.8 Å². The first kappa shape index (κ1) is 21.8. The Kier molecular flexibility index (Phi) is 7.11. The highest BCUT2D eigenvalue weighted by atomic mass is 32.1. The van der Waals surface area contributed by atoms with Gasteiger partial charge < -0.3 is 24.4 Å². The molecule has 3 N–H and O–H groups in total. The number of carbonyl (C=O) groups excluding carboxylic acids is 1. The molecule has 1 saturated heterocycles. The number of aliphatic hydroxyl groups excluding tert-OH is 2. The van der Waals surface area contributed by atoms with Gasteiger partial charge in [0.1, 0.15) is 23.8 Å². The quantitative estimate of drug-likeness (QED) is 0.573. The summed E-state index contributed by atoms with van der Waals surface area (Å²) in [6, 6.07) is 9.77. The number of rotatable bonds is 6. The summed E-state index contributed by atoms with van der Waals surface area (Å²) in [5, 5.41) is 22.3. The number of hydrogen-bond donors (Lipinski definition) is 3. The third kappa shape index (κ3) is 5.00. The van der Waals surface area contributed by atoms with Gasteiger partial charge in [0.05, 0.1) is 6.61 Å². The van der Waals surface area contributed by atoms with Crippen LogP contribution in [0.1, 0.15) is 19.6 Å². The molecular weight excluding hydrogens is 414 g/mol. The Morgan fingerprint density at radius 2 is 2.07 bits per heavy atom. The normalized spacial score (nSPS) is 23.0. The van der Waals surface area contributed by atoms with Crippen molar-refractivity contribution in [1.29, 1.82) is 0 Å². The molecule has 4 atom stereocenters. The van der Waals surface area contributed by atoms with Crippen molar-refractivity contribution >= 4 is 29.2 Å². The van der Waals surface area contributed by atoms with Crippen LogP contribution in [0.3, 0.4) is 0 Å². The van der Waals surface area contributed by atoms with Crippen LogP contribution in [0.15, 0.2) is 47.4 Å². The average molecular weight is 435 g/mol. The predicted octanol–water partition coefficient (Wildman–Crippen LogP) is 1.23. The molecule has 30 heavy (non-hydrogen) atoms. The van der Waals surface area contributed by atoms with Crippen molar-refractivity contribution in [2.24, 2.45) is 0 Å². The van der Waals surface area contributed by atoms with E-state index in [1.54, 1.807) is 37.3 Å². The molecule has 1 aromatic carbocycles. The summed E-state index contributed by atoms with van der Waals surface area (Å²) < 4.78 is 17.3. The van der Waals surface area contributed by atoms with Crippen LogP contribution in [0.2, 0.25) is 0 Å². The van der Waals surface area contributed by atoms with E-state index in [-0.39, 0.29) is 10.9 Å². The third-order valence-corrected chi connectivity index (χ3v) is 4.72. The molecule has 1 fully saturated rings. The molecule has 1 aliphatic heterocycles. The van der Waals surface area contributed by atoms with Crippen molar-refractivity contribution in [1.82, 2.24) is 9.55 Å². The summed E-state index contributed by atoms with van der Waals surface area (Å²) in [6.07, 6.45) is -3.28. The SMILES string of the molecule is CCC(=S)O[C@@H]1[C@H](O)[C@@H](CO)O[C@H]1n1ccc(NC(=O)Oc2ccccc2)nc1=O. The van der Waals surface area contributed by atoms with Gasteiger partial charge in [0, 0.05) is 12.6 Å². The Labute approximate surface area is 177 Å². The molecule has 0 aliphatic carbocycles. The number of aliphatic hydroxyl groups is 2. The zero-order valence-electron chi connectivity index (χ0n) is 16.0. The fraction of sp³-hybridized carbons (Fsp3) is 0.368. The van der Waals surface area contributed by atoms with Crippen LogP contribution in [0.4, 0.5) is 10.6 Å². The van der Waals surface area contributed by atoms with Gasteiger partial charge in [0.25, 0.3) is 0 Å². The van der Waals surface area contributed by atoms with Gasteiger partial charge in [-0.25, -0.2) is 9.59 Å². The van der Waals surface area contributed by atoms with Gasteiger partial charge in [-0.2, -0.15) is 4.98 Å². The average Bonchev–Trinajstić information content (AvgIpc) is 3.04. The third-order valence-electron chi connectivity index (χ3n) is 4.34. The van der Waals surface area contributed by atoms with Crippen molar-refractivity contribution in [3.05, 3.63) is 53.1 Å². The van der Waals surface area contributed by atoms with E-state index in [1.807, 2.05) is 0 Å². The maximum absolute atomic E-state index is 12.5. The zero-order chi connectivity index (χ0) is 21.7. The summed E-state index contributed by atoms with van der Waals surface area (Å²) >= 11 is 5.06. The molecule has 0 unspecified atom stereocenters. The van der Waals surface area contributed by atoms with Gasteiger partial charge in [-0.1, -0.05) is 25.1 Å². The molecule has 3 rings (SSSR count). The van der Waals surface area contributed by atoms with E-state index in [2.05, 4.69) is 10.3 Å². The number of benzene rings is 1. The number of carbonyl (C=O) groups is 1. The zero-order valence-corrected chi connectivity index (χ0v) is 16.8. The summed E-state index contributed by atoms with van der Waals surface area (Å²) in [4.78, 5) is 28.3. The molecule has 160 valence electrons.